The Kier molecular flexibility index (Phi) is 4.33. The maximum atomic E-state index is 12.4. The Balaban J connectivity index is 1.64. The summed E-state index contributed by atoms with van der Waals surface area (Å²) >= 11 is 1.32. The maximum Gasteiger partial charge on any atom is 0.229 e. The Morgan fingerprint density at radius 1 is 1.32 bits per heavy atom. The van der Waals surface area contributed by atoms with Gasteiger partial charge < -0.3 is 10.2 Å². The van der Waals surface area contributed by atoms with Crippen LogP contribution in [0.2, 0.25) is 0 Å². The zero-order chi connectivity index (χ0) is 15.5. The molecule has 0 saturated carbocycles. The number of carbonyl (C=O) groups is 1. The SMILES string of the molecule is Cc1ccc(N2CCCC(C(=O)Nc3cc(C)ns3)C2)nn1. The van der Waals surface area contributed by atoms with Gasteiger partial charge in [-0.25, -0.2) is 0 Å². The lowest BCUT2D eigenvalue weighted by atomic mass is 9.97. The molecule has 116 valence electrons. The standard InChI is InChI=1S/C15H19N5OS/c1-10-5-6-13(18-17-10)20-7-3-4-12(9-20)15(21)16-14-8-11(2)19-22-14/h5-6,8,12H,3-4,7,9H2,1-2H3,(H,16,21). The summed E-state index contributed by atoms with van der Waals surface area (Å²) in [7, 11) is 0. The number of aromatic nitrogens is 3. The fraction of sp³-hybridized carbons (Fsp3) is 0.467. The number of anilines is 2. The predicted molar refractivity (Wildman–Crippen MR) is 87.2 cm³/mol. The van der Waals surface area contributed by atoms with Gasteiger partial charge in [0, 0.05) is 13.1 Å². The first-order valence-electron chi connectivity index (χ1n) is 7.41. The number of aryl methyl sites for hydroxylation is 2. The number of hydrogen-bond acceptors (Lipinski definition) is 6. The number of carbonyl (C=O) groups excluding carboxylic acids is 1. The quantitative estimate of drug-likeness (QED) is 0.941. The van der Waals surface area contributed by atoms with Gasteiger partial charge in [-0.1, -0.05) is 0 Å². The van der Waals surface area contributed by atoms with Crippen LogP contribution in [-0.2, 0) is 4.79 Å². The summed E-state index contributed by atoms with van der Waals surface area (Å²) in [4.78, 5) is 14.5. The van der Waals surface area contributed by atoms with Crippen molar-refractivity contribution in [2.24, 2.45) is 5.92 Å². The molecule has 1 fully saturated rings. The monoisotopic (exact) mass is 317 g/mol. The minimum atomic E-state index is -0.0285. The molecule has 0 aliphatic carbocycles. The van der Waals surface area contributed by atoms with Gasteiger partial charge in [0.2, 0.25) is 5.91 Å². The van der Waals surface area contributed by atoms with E-state index in [-0.39, 0.29) is 11.8 Å². The van der Waals surface area contributed by atoms with E-state index in [1.807, 2.05) is 32.0 Å². The minimum Gasteiger partial charge on any atom is -0.354 e. The van der Waals surface area contributed by atoms with Crippen LogP contribution in [0.15, 0.2) is 18.2 Å². The van der Waals surface area contributed by atoms with Crippen LogP contribution in [0.1, 0.15) is 24.2 Å². The summed E-state index contributed by atoms with van der Waals surface area (Å²) in [6.07, 6.45) is 1.88. The highest BCUT2D eigenvalue weighted by Gasteiger charge is 2.27. The van der Waals surface area contributed by atoms with E-state index in [2.05, 4.69) is 24.8 Å². The molecular formula is C15H19N5OS. The fourth-order valence-electron chi connectivity index (χ4n) is 2.61. The normalized spacial score (nSPS) is 18.3. The van der Waals surface area contributed by atoms with E-state index in [1.54, 1.807) is 0 Å². The second-order valence-electron chi connectivity index (χ2n) is 5.64. The van der Waals surface area contributed by atoms with Gasteiger partial charge in [-0.05, 0) is 56.4 Å². The van der Waals surface area contributed by atoms with Crippen molar-refractivity contribution in [1.29, 1.82) is 0 Å². The summed E-state index contributed by atoms with van der Waals surface area (Å²) in [5, 5.41) is 12.1. The van der Waals surface area contributed by atoms with Gasteiger partial charge in [0.15, 0.2) is 5.82 Å². The minimum absolute atomic E-state index is 0.0285. The van der Waals surface area contributed by atoms with E-state index in [1.165, 1.54) is 11.5 Å². The Morgan fingerprint density at radius 2 is 2.18 bits per heavy atom. The molecule has 0 spiro atoms. The molecule has 1 N–H and O–H groups in total. The Bertz CT molecular complexity index is 654. The number of rotatable bonds is 3. The van der Waals surface area contributed by atoms with Crippen LogP contribution in [0.4, 0.5) is 10.8 Å². The first kappa shape index (κ1) is 14.9. The number of nitrogens with one attached hydrogen (secondary N) is 1. The highest BCUT2D eigenvalue weighted by atomic mass is 32.1. The van der Waals surface area contributed by atoms with E-state index >= 15 is 0 Å². The third-order valence-electron chi connectivity index (χ3n) is 3.77. The summed E-state index contributed by atoms with van der Waals surface area (Å²) in [5.74, 6) is 0.879. The van der Waals surface area contributed by atoms with E-state index in [9.17, 15) is 4.79 Å². The molecule has 1 amide bonds. The Morgan fingerprint density at radius 3 is 2.86 bits per heavy atom. The molecule has 3 heterocycles. The van der Waals surface area contributed by atoms with Crippen molar-refractivity contribution in [2.75, 3.05) is 23.3 Å². The van der Waals surface area contributed by atoms with Crippen molar-refractivity contribution < 1.29 is 4.79 Å². The van der Waals surface area contributed by atoms with E-state index < -0.39 is 0 Å². The van der Waals surface area contributed by atoms with Crippen molar-refractivity contribution in [3.05, 3.63) is 29.6 Å². The van der Waals surface area contributed by atoms with E-state index in [0.717, 1.165) is 41.6 Å². The van der Waals surface area contributed by atoms with Crippen LogP contribution in [0.3, 0.4) is 0 Å². The first-order chi connectivity index (χ1) is 10.6. The molecule has 1 saturated heterocycles. The molecule has 22 heavy (non-hydrogen) atoms. The molecule has 2 aromatic heterocycles. The van der Waals surface area contributed by atoms with Gasteiger partial charge in [-0.3, -0.25) is 4.79 Å². The number of piperidine rings is 1. The van der Waals surface area contributed by atoms with Crippen molar-refractivity contribution in [1.82, 2.24) is 14.6 Å². The molecule has 3 rings (SSSR count). The zero-order valence-corrected chi connectivity index (χ0v) is 13.6. The highest BCUT2D eigenvalue weighted by molar-refractivity contribution is 7.10. The van der Waals surface area contributed by atoms with Crippen molar-refractivity contribution >= 4 is 28.3 Å². The lowest BCUT2D eigenvalue weighted by molar-refractivity contribution is -0.120. The summed E-state index contributed by atoms with van der Waals surface area (Å²) in [5.41, 5.74) is 1.83. The molecule has 7 heteroatoms. The lowest BCUT2D eigenvalue weighted by Crippen LogP contribution is -2.41. The van der Waals surface area contributed by atoms with Crippen LogP contribution in [0.25, 0.3) is 0 Å². The average molecular weight is 317 g/mol. The van der Waals surface area contributed by atoms with Crippen LogP contribution in [0.5, 0.6) is 0 Å². The zero-order valence-electron chi connectivity index (χ0n) is 12.7. The first-order valence-corrected chi connectivity index (χ1v) is 8.18. The topological polar surface area (TPSA) is 71.0 Å². The average Bonchev–Trinajstić information content (AvgIpc) is 2.93. The maximum absolute atomic E-state index is 12.4. The van der Waals surface area contributed by atoms with Crippen LogP contribution in [0, 0.1) is 19.8 Å². The molecule has 1 atom stereocenters. The summed E-state index contributed by atoms with van der Waals surface area (Å²) < 4.78 is 4.18. The largest absolute Gasteiger partial charge is 0.354 e. The van der Waals surface area contributed by atoms with E-state index in [4.69, 9.17) is 0 Å². The third kappa shape index (κ3) is 3.41. The number of nitrogens with zero attached hydrogens (tertiary/aromatic N) is 4. The van der Waals surface area contributed by atoms with Crippen molar-refractivity contribution in [3.63, 3.8) is 0 Å². The van der Waals surface area contributed by atoms with E-state index in [0.29, 0.717) is 6.54 Å². The summed E-state index contributed by atoms with van der Waals surface area (Å²) in [6.45, 7) is 5.44. The molecule has 0 radical (unpaired) electrons. The highest BCUT2D eigenvalue weighted by Crippen LogP contribution is 2.23. The van der Waals surface area contributed by atoms with Gasteiger partial charge in [-0.2, -0.15) is 9.47 Å². The van der Waals surface area contributed by atoms with Crippen molar-refractivity contribution in [3.8, 4) is 0 Å². The Labute approximate surface area is 133 Å². The van der Waals surface area contributed by atoms with Crippen LogP contribution >= 0.6 is 11.5 Å². The van der Waals surface area contributed by atoms with Crippen molar-refractivity contribution in [2.45, 2.75) is 26.7 Å². The fourth-order valence-corrected chi connectivity index (χ4v) is 3.27. The molecule has 1 unspecified atom stereocenters. The molecule has 2 aromatic rings. The summed E-state index contributed by atoms with van der Waals surface area (Å²) in [6, 6.07) is 5.82. The van der Waals surface area contributed by atoms with Crippen LogP contribution < -0.4 is 10.2 Å². The van der Waals surface area contributed by atoms with Gasteiger partial charge in [-0.15, -0.1) is 5.10 Å². The molecule has 6 nitrogen and oxygen atoms in total. The van der Waals surface area contributed by atoms with Gasteiger partial charge >= 0.3 is 0 Å². The van der Waals surface area contributed by atoms with Gasteiger partial charge in [0.05, 0.1) is 17.3 Å². The predicted octanol–water partition coefficient (Wildman–Crippen LogP) is 2.41. The molecule has 0 aromatic carbocycles. The lowest BCUT2D eigenvalue weighted by Gasteiger charge is -2.32. The number of amides is 1. The molecular weight excluding hydrogens is 298 g/mol. The second-order valence-corrected chi connectivity index (χ2v) is 6.44. The number of hydrogen-bond donors (Lipinski definition) is 1. The third-order valence-corrected chi connectivity index (χ3v) is 4.57. The van der Waals surface area contributed by atoms with Crippen LogP contribution in [-0.4, -0.2) is 33.6 Å². The molecule has 0 bridgehead atoms. The van der Waals surface area contributed by atoms with Gasteiger partial charge in [0.25, 0.3) is 0 Å². The molecule has 1 aliphatic rings. The second kappa shape index (κ2) is 6.39. The Hall–Kier alpha value is -2.02. The molecule has 1 aliphatic heterocycles. The van der Waals surface area contributed by atoms with Gasteiger partial charge in [0.1, 0.15) is 5.00 Å². The smallest absolute Gasteiger partial charge is 0.229 e.